The van der Waals surface area contributed by atoms with Gasteiger partial charge in [0.05, 0.1) is 5.02 Å². The average molecular weight is 328 g/mol. The van der Waals surface area contributed by atoms with Gasteiger partial charge in [-0.2, -0.15) is 0 Å². The third kappa shape index (κ3) is 4.10. The van der Waals surface area contributed by atoms with Crippen molar-refractivity contribution in [1.29, 1.82) is 0 Å². The van der Waals surface area contributed by atoms with Crippen LogP contribution in [0.3, 0.4) is 0 Å². The Morgan fingerprint density at radius 3 is 2.43 bits per heavy atom. The molecule has 0 aliphatic heterocycles. The van der Waals surface area contributed by atoms with E-state index in [0.29, 0.717) is 22.2 Å². The smallest absolute Gasteiger partial charge is 0.140 e. The maximum atomic E-state index is 13.1. The van der Waals surface area contributed by atoms with Crippen LogP contribution in [-0.4, -0.2) is 6.04 Å². The summed E-state index contributed by atoms with van der Waals surface area (Å²) < 4.78 is 19.0. The Morgan fingerprint density at radius 1 is 1.14 bits per heavy atom. The summed E-state index contributed by atoms with van der Waals surface area (Å²) in [5.41, 5.74) is 6.92. The third-order valence-electron chi connectivity index (χ3n) is 3.21. The highest BCUT2D eigenvalue weighted by molar-refractivity contribution is 6.34. The summed E-state index contributed by atoms with van der Waals surface area (Å²) >= 11 is 12.1. The van der Waals surface area contributed by atoms with E-state index in [-0.39, 0.29) is 11.9 Å². The normalized spacial score (nSPS) is 13.8. The molecule has 0 heterocycles. The van der Waals surface area contributed by atoms with Crippen LogP contribution in [0, 0.1) is 5.82 Å². The first-order valence-corrected chi connectivity index (χ1v) is 7.39. The van der Waals surface area contributed by atoms with Gasteiger partial charge in [0.25, 0.3) is 0 Å². The summed E-state index contributed by atoms with van der Waals surface area (Å²) in [6.07, 6.45) is 0.284. The van der Waals surface area contributed by atoms with Crippen molar-refractivity contribution < 1.29 is 9.13 Å². The van der Waals surface area contributed by atoms with Crippen LogP contribution in [0.15, 0.2) is 42.5 Å². The fourth-order valence-corrected chi connectivity index (χ4v) is 2.30. The molecule has 0 bridgehead atoms. The predicted molar refractivity (Wildman–Crippen MR) is 84.5 cm³/mol. The van der Waals surface area contributed by atoms with Crippen molar-refractivity contribution in [2.24, 2.45) is 5.73 Å². The van der Waals surface area contributed by atoms with Gasteiger partial charge in [-0.05, 0) is 36.2 Å². The quantitative estimate of drug-likeness (QED) is 0.839. The van der Waals surface area contributed by atoms with Crippen molar-refractivity contribution in [3.63, 3.8) is 0 Å². The Bertz CT molecular complexity index is 604. The number of benzene rings is 2. The molecule has 5 heteroatoms. The van der Waals surface area contributed by atoms with Crippen molar-refractivity contribution in [3.8, 4) is 5.75 Å². The van der Waals surface area contributed by atoms with Crippen molar-refractivity contribution in [2.75, 3.05) is 0 Å². The molecule has 0 saturated carbocycles. The molecule has 2 aromatic carbocycles. The van der Waals surface area contributed by atoms with E-state index in [2.05, 4.69) is 0 Å². The molecule has 2 rings (SSSR count). The molecule has 2 nitrogen and oxygen atoms in total. The highest BCUT2D eigenvalue weighted by atomic mass is 35.5. The maximum absolute atomic E-state index is 13.1. The minimum absolute atomic E-state index is 0.245. The Labute approximate surface area is 133 Å². The minimum atomic E-state index is -0.424. The van der Waals surface area contributed by atoms with Crippen LogP contribution in [0.25, 0.3) is 0 Å². The van der Waals surface area contributed by atoms with Gasteiger partial charge >= 0.3 is 0 Å². The van der Waals surface area contributed by atoms with Gasteiger partial charge in [-0.15, -0.1) is 0 Å². The van der Waals surface area contributed by atoms with Crippen LogP contribution in [0.1, 0.15) is 25.0 Å². The Kier molecular flexibility index (Phi) is 5.45. The highest BCUT2D eigenvalue weighted by Gasteiger charge is 2.21. The van der Waals surface area contributed by atoms with Crippen molar-refractivity contribution in [3.05, 3.63) is 63.9 Å². The summed E-state index contributed by atoms with van der Waals surface area (Å²) in [7, 11) is 0. The molecular weight excluding hydrogens is 312 g/mol. The first kappa shape index (κ1) is 16.1. The zero-order chi connectivity index (χ0) is 15.4. The fraction of sp³-hybridized carbons (Fsp3) is 0.250. The zero-order valence-electron chi connectivity index (χ0n) is 11.5. The van der Waals surface area contributed by atoms with Crippen LogP contribution < -0.4 is 10.5 Å². The second-order valence-corrected chi connectivity index (χ2v) is 5.58. The molecule has 2 atom stereocenters. The molecule has 21 heavy (non-hydrogen) atoms. The standard InChI is InChI=1S/C16H16Cl2FNO/c1-2-14(20)16(10-3-6-12(19)7-4-10)21-15-9-11(17)5-8-13(15)18/h3-9,14,16H,2,20H2,1H3. The lowest BCUT2D eigenvalue weighted by Crippen LogP contribution is -2.31. The van der Waals surface area contributed by atoms with Crippen LogP contribution >= 0.6 is 23.2 Å². The lowest BCUT2D eigenvalue weighted by molar-refractivity contribution is 0.171. The number of halogens is 3. The summed E-state index contributed by atoms with van der Waals surface area (Å²) in [5, 5.41) is 0.979. The average Bonchev–Trinajstić information content (AvgIpc) is 2.48. The fourth-order valence-electron chi connectivity index (χ4n) is 1.97. The van der Waals surface area contributed by atoms with E-state index in [1.54, 1.807) is 30.3 Å². The molecule has 0 aromatic heterocycles. The first-order valence-electron chi connectivity index (χ1n) is 6.64. The van der Waals surface area contributed by atoms with Crippen molar-refractivity contribution in [1.82, 2.24) is 0 Å². The molecule has 0 fully saturated rings. The van der Waals surface area contributed by atoms with E-state index in [1.165, 1.54) is 12.1 Å². The molecule has 2 N–H and O–H groups in total. The molecule has 0 spiro atoms. The molecule has 0 aliphatic carbocycles. The van der Waals surface area contributed by atoms with E-state index in [9.17, 15) is 4.39 Å². The molecule has 2 unspecified atom stereocenters. The second-order valence-electron chi connectivity index (χ2n) is 4.74. The summed E-state index contributed by atoms with van der Waals surface area (Å²) in [6.45, 7) is 1.96. The largest absolute Gasteiger partial charge is 0.482 e. The number of ether oxygens (including phenoxy) is 1. The second kappa shape index (κ2) is 7.12. The van der Waals surface area contributed by atoms with Gasteiger partial charge in [-0.1, -0.05) is 42.3 Å². The van der Waals surface area contributed by atoms with Crippen molar-refractivity contribution >= 4 is 23.2 Å². The van der Waals surface area contributed by atoms with Crippen molar-refractivity contribution in [2.45, 2.75) is 25.5 Å². The molecular formula is C16H16Cl2FNO. The van der Waals surface area contributed by atoms with Gasteiger partial charge in [-0.25, -0.2) is 4.39 Å². The van der Waals surface area contributed by atoms with Crippen LogP contribution in [0.2, 0.25) is 10.0 Å². The molecule has 112 valence electrons. The van der Waals surface area contributed by atoms with E-state index in [4.69, 9.17) is 33.7 Å². The third-order valence-corrected chi connectivity index (χ3v) is 3.75. The van der Waals surface area contributed by atoms with Gasteiger partial charge in [0.15, 0.2) is 0 Å². The van der Waals surface area contributed by atoms with Crippen LogP contribution in [-0.2, 0) is 0 Å². The Balaban J connectivity index is 2.32. The van der Waals surface area contributed by atoms with E-state index in [0.717, 1.165) is 5.56 Å². The van der Waals surface area contributed by atoms with Gasteiger partial charge in [-0.3, -0.25) is 0 Å². The topological polar surface area (TPSA) is 35.2 Å². The van der Waals surface area contributed by atoms with Crippen LogP contribution in [0.5, 0.6) is 5.75 Å². The van der Waals surface area contributed by atoms with E-state index in [1.807, 2.05) is 6.92 Å². The Morgan fingerprint density at radius 2 is 1.81 bits per heavy atom. The predicted octanol–water partition coefficient (Wildman–Crippen LogP) is 4.99. The summed E-state index contributed by atoms with van der Waals surface area (Å²) in [4.78, 5) is 0. The number of rotatable bonds is 5. The molecule has 0 amide bonds. The van der Waals surface area contributed by atoms with E-state index < -0.39 is 6.10 Å². The Hall–Kier alpha value is -1.29. The highest BCUT2D eigenvalue weighted by Crippen LogP contribution is 2.33. The first-order chi connectivity index (χ1) is 10.0. The molecule has 2 aromatic rings. The lowest BCUT2D eigenvalue weighted by Gasteiger charge is -2.25. The monoisotopic (exact) mass is 327 g/mol. The van der Waals surface area contributed by atoms with E-state index >= 15 is 0 Å². The lowest BCUT2D eigenvalue weighted by atomic mass is 10.0. The SMILES string of the molecule is CCC(N)C(Oc1cc(Cl)ccc1Cl)c1ccc(F)cc1. The summed E-state index contributed by atoms with van der Waals surface area (Å²) in [6, 6.07) is 10.8. The van der Waals surface area contributed by atoms with Gasteiger partial charge in [0.1, 0.15) is 17.7 Å². The van der Waals surface area contributed by atoms with Crippen LogP contribution in [0.4, 0.5) is 4.39 Å². The number of hydrogen-bond donors (Lipinski definition) is 1. The van der Waals surface area contributed by atoms with Gasteiger partial charge in [0.2, 0.25) is 0 Å². The maximum Gasteiger partial charge on any atom is 0.140 e. The molecule has 0 saturated heterocycles. The molecule has 0 aliphatic rings. The minimum Gasteiger partial charge on any atom is -0.482 e. The number of hydrogen-bond acceptors (Lipinski definition) is 2. The molecule has 0 radical (unpaired) electrons. The zero-order valence-corrected chi connectivity index (χ0v) is 13.0. The summed E-state index contributed by atoms with van der Waals surface area (Å²) in [5.74, 6) is 0.158. The van der Waals surface area contributed by atoms with Gasteiger partial charge in [0, 0.05) is 17.1 Å². The van der Waals surface area contributed by atoms with Gasteiger partial charge < -0.3 is 10.5 Å². The number of nitrogens with two attached hydrogens (primary N) is 1.